The lowest BCUT2D eigenvalue weighted by molar-refractivity contribution is 0.506. The predicted molar refractivity (Wildman–Crippen MR) is 61.2 cm³/mol. The summed E-state index contributed by atoms with van der Waals surface area (Å²) < 4.78 is 0. The molecule has 3 heteroatoms. The van der Waals surface area contributed by atoms with Crippen LogP contribution in [0.1, 0.15) is 5.56 Å². The summed E-state index contributed by atoms with van der Waals surface area (Å²) in [5.74, 6) is 0. The summed E-state index contributed by atoms with van der Waals surface area (Å²) in [7, 11) is 2.07. The van der Waals surface area contributed by atoms with Crippen molar-refractivity contribution in [3.05, 3.63) is 48.4 Å². The Kier molecular flexibility index (Phi) is 3.72. The van der Waals surface area contributed by atoms with Crippen LogP contribution in [-0.2, 0) is 0 Å². The van der Waals surface area contributed by atoms with Crippen LogP contribution in [-0.4, -0.2) is 23.5 Å². The fourth-order valence-corrected chi connectivity index (χ4v) is 1.34. The molecule has 0 fully saturated rings. The van der Waals surface area contributed by atoms with E-state index in [1.165, 1.54) is 11.1 Å². The van der Waals surface area contributed by atoms with Crippen LogP contribution in [0.15, 0.2) is 42.9 Å². The van der Waals surface area contributed by atoms with Gasteiger partial charge in [-0.3, -0.25) is 4.98 Å². The number of likely N-dealkylation sites (N-methyl/N-ethyl adjacent to an activating group) is 1. The van der Waals surface area contributed by atoms with Crippen LogP contribution in [0, 0.1) is 0 Å². The molecule has 2 heterocycles. The molecule has 0 bridgehead atoms. The summed E-state index contributed by atoms with van der Waals surface area (Å²) in [5, 5.41) is 0. The molecule has 0 aromatic carbocycles. The lowest BCUT2D eigenvalue weighted by Gasteiger charge is -2.16. The zero-order valence-corrected chi connectivity index (χ0v) is 8.87. The van der Waals surface area contributed by atoms with Crippen molar-refractivity contribution >= 4 is 18.0 Å². The summed E-state index contributed by atoms with van der Waals surface area (Å²) in [6.45, 7) is 0.980. The quantitative estimate of drug-likeness (QED) is 0.705. The van der Waals surface area contributed by atoms with Gasteiger partial charge in [-0.1, -0.05) is 6.08 Å². The Morgan fingerprint density at radius 2 is 2.00 bits per heavy atom. The maximum atomic E-state index is 3.99. The van der Waals surface area contributed by atoms with E-state index in [1.807, 2.05) is 24.5 Å². The Balaban J connectivity index is 0.000000980. The second-order valence-corrected chi connectivity index (χ2v) is 3.15. The van der Waals surface area contributed by atoms with Gasteiger partial charge in [-0.05, 0) is 35.5 Å². The molecule has 0 saturated carbocycles. The lowest BCUT2D eigenvalue weighted by Crippen LogP contribution is -2.13. The number of allylic oxidation sites excluding steroid dienone is 2. The van der Waals surface area contributed by atoms with Gasteiger partial charge in [-0.25, -0.2) is 0 Å². The molecular weight excluding hydrogens is 196 g/mol. The number of pyridine rings is 1. The molecule has 1 aliphatic heterocycles. The summed E-state index contributed by atoms with van der Waals surface area (Å²) in [6.07, 6.45) is 10.1. The zero-order chi connectivity index (χ0) is 9.10. The van der Waals surface area contributed by atoms with Crippen molar-refractivity contribution in [2.45, 2.75) is 0 Å². The topological polar surface area (TPSA) is 16.1 Å². The molecule has 0 saturated heterocycles. The molecule has 0 amide bonds. The molecule has 1 aliphatic rings. The van der Waals surface area contributed by atoms with Gasteiger partial charge < -0.3 is 4.90 Å². The van der Waals surface area contributed by atoms with Crippen molar-refractivity contribution in [1.29, 1.82) is 0 Å². The van der Waals surface area contributed by atoms with Crippen molar-refractivity contribution in [3.8, 4) is 0 Å². The fourth-order valence-electron chi connectivity index (χ4n) is 1.34. The van der Waals surface area contributed by atoms with Crippen molar-refractivity contribution in [2.24, 2.45) is 0 Å². The molecular formula is C11H13ClN2. The first-order chi connectivity index (χ1) is 6.36. The second kappa shape index (κ2) is 4.82. The van der Waals surface area contributed by atoms with E-state index in [4.69, 9.17) is 0 Å². The smallest absolute Gasteiger partial charge is 0.0359 e. The first kappa shape index (κ1) is 10.8. The first-order valence-electron chi connectivity index (χ1n) is 4.35. The molecule has 14 heavy (non-hydrogen) atoms. The summed E-state index contributed by atoms with van der Waals surface area (Å²) >= 11 is 0. The number of rotatable bonds is 1. The Labute approximate surface area is 90.4 Å². The van der Waals surface area contributed by atoms with Gasteiger partial charge in [0.15, 0.2) is 0 Å². The van der Waals surface area contributed by atoms with E-state index in [2.05, 4.69) is 35.3 Å². The number of halogens is 1. The van der Waals surface area contributed by atoms with E-state index in [-0.39, 0.29) is 12.4 Å². The standard InChI is InChI=1S/C11H12N2.ClH/c1-13-8-4-11(5-9-13)10-2-6-12-7-3-10;/h2-8H,9H2,1H3;1H. The maximum Gasteiger partial charge on any atom is 0.0359 e. The average Bonchev–Trinajstić information content (AvgIpc) is 2.20. The van der Waals surface area contributed by atoms with Crippen LogP contribution in [0.4, 0.5) is 0 Å². The van der Waals surface area contributed by atoms with Gasteiger partial charge in [0.25, 0.3) is 0 Å². The highest BCUT2D eigenvalue weighted by Crippen LogP contribution is 2.17. The maximum absolute atomic E-state index is 3.99. The summed E-state index contributed by atoms with van der Waals surface area (Å²) in [6, 6.07) is 4.06. The summed E-state index contributed by atoms with van der Waals surface area (Å²) in [5.41, 5.74) is 2.51. The van der Waals surface area contributed by atoms with E-state index < -0.39 is 0 Å². The van der Waals surface area contributed by atoms with Crippen LogP contribution < -0.4 is 0 Å². The monoisotopic (exact) mass is 208 g/mol. The third kappa shape index (κ3) is 2.36. The fraction of sp³-hybridized carbons (Fsp3) is 0.182. The minimum absolute atomic E-state index is 0. The highest BCUT2D eigenvalue weighted by atomic mass is 35.5. The van der Waals surface area contributed by atoms with Crippen LogP contribution >= 0.6 is 12.4 Å². The SMILES string of the molecule is CN1C=CC(c2ccncc2)=CC1.Cl. The number of hydrogen-bond acceptors (Lipinski definition) is 2. The van der Waals surface area contributed by atoms with Gasteiger partial charge in [0.1, 0.15) is 0 Å². The lowest BCUT2D eigenvalue weighted by atomic mass is 10.1. The molecule has 74 valence electrons. The molecule has 0 spiro atoms. The van der Waals surface area contributed by atoms with Crippen molar-refractivity contribution < 1.29 is 0 Å². The Morgan fingerprint density at radius 3 is 2.57 bits per heavy atom. The highest BCUT2D eigenvalue weighted by molar-refractivity contribution is 5.85. The van der Waals surface area contributed by atoms with Gasteiger partial charge in [0.05, 0.1) is 0 Å². The third-order valence-corrected chi connectivity index (χ3v) is 2.12. The van der Waals surface area contributed by atoms with Gasteiger partial charge in [-0.15, -0.1) is 12.4 Å². The van der Waals surface area contributed by atoms with Gasteiger partial charge in [0, 0.05) is 26.0 Å². The van der Waals surface area contributed by atoms with Crippen molar-refractivity contribution in [2.75, 3.05) is 13.6 Å². The normalized spacial score (nSPS) is 14.6. The van der Waals surface area contributed by atoms with Gasteiger partial charge in [-0.2, -0.15) is 0 Å². The van der Waals surface area contributed by atoms with Crippen LogP contribution in [0.2, 0.25) is 0 Å². The minimum Gasteiger partial charge on any atom is -0.377 e. The van der Waals surface area contributed by atoms with E-state index >= 15 is 0 Å². The molecule has 0 atom stereocenters. The third-order valence-electron chi connectivity index (χ3n) is 2.12. The highest BCUT2D eigenvalue weighted by Gasteiger charge is 2.01. The van der Waals surface area contributed by atoms with Gasteiger partial charge >= 0.3 is 0 Å². The zero-order valence-electron chi connectivity index (χ0n) is 8.05. The molecule has 0 N–H and O–H groups in total. The number of hydrogen-bond donors (Lipinski definition) is 0. The summed E-state index contributed by atoms with van der Waals surface area (Å²) in [4.78, 5) is 6.14. The molecule has 0 aliphatic carbocycles. The molecule has 1 aromatic rings. The molecule has 0 radical (unpaired) electrons. The molecule has 2 nitrogen and oxygen atoms in total. The second-order valence-electron chi connectivity index (χ2n) is 3.15. The largest absolute Gasteiger partial charge is 0.377 e. The Bertz CT molecular complexity index is 344. The molecule has 2 rings (SSSR count). The molecule has 1 aromatic heterocycles. The van der Waals surface area contributed by atoms with Crippen molar-refractivity contribution in [3.63, 3.8) is 0 Å². The van der Waals surface area contributed by atoms with E-state index in [9.17, 15) is 0 Å². The van der Waals surface area contributed by atoms with Crippen LogP contribution in [0.5, 0.6) is 0 Å². The number of nitrogens with zero attached hydrogens (tertiary/aromatic N) is 2. The number of aromatic nitrogens is 1. The van der Waals surface area contributed by atoms with Crippen LogP contribution in [0.3, 0.4) is 0 Å². The average molecular weight is 209 g/mol. The Hall–Kier alpha value is -1.28. The van der Waals surface area contributed by atoms with Crippen molar-refractivity contribution in [1.82, 2.24) is 9.88 Å². The Morgan fingerprint density at radius 1 is 1.29 bits per heavy atom. The van der Waals surface area contributed by atoms with Gasteiger partial charge in [0.2, 0.25) is 0 Å². The van der Waals surface area contributed by atoms with Crippen LogP contribution in [0.25, 0.3) is 5.57 Å². The minimum atomic E-state index is 0. The molecule has 0 unspecified atom stereocenters. The first-order valence-corrected chi connectivity index (χ1v) is 4.35. The van der Waals surface area contributed by atoms with E-state index in [0.717, 1.165) is 6.54 Å². The van der Waals surface area contributed by atoms with E-state index in [1.54, 1.807) is 0 Å². The predicted octanol–water partition coefficient (Wildman–Crippen LogP) is 2.35. The van der Waals surface area contributed by atoms with E-state index in [0.29, 0.717) is 0 Å².